The van der Waals surface area contributed by atoms with E-state index in [2.05, 4.69) is 5.32 Å². The van der Waals surface area contributed by atoms with E-state index in [9.17, 15) is 19.8 Å². The maximum absolute atomic E-state index is 11.5. The van der Waals surface area contributed by atoms with E-state index in [1.807, 2.05) is 0 Å². The first kappa shape index (κ1) is 16.4. The molecule has 1 aliphatic rings. The van der Waals surface area contributed by atoms with E-state index >= 15 is 0 Å². The fourth-order valence-electron chi connectivity index (χ4n) is 2.49. The fraction of sp³-hybridized carbons (Fsp3) is 0.571. The third kappa shape index (κ3) is 3.26. The summed E-state index contributed by atoms with van der Waals surface area (Å²) in [6.45, 7) is 4.96. The minimum absolute atomic E-state index is 0.0190. The predicted molar refractivity (Wildman–Crippen MR) is 75.3 cm³/mol. The van der Waals surface area contributed by atoms with E-state index in [4.69, 9.17) is 5.73 Å². The number of carboxylic acid groups (broad SMARTS) is 2. The zero-order valence-electron chi connectivity index (χ0n) is 11.9. The molecule has 0 aromatic rings. The Morgan fingerprint density at radius 1 is 1.45 bits per heavy atom. The summed E-state index contributed by atoms with van der Waals surface area (Å²) >= 11 is 0. The van der Waals surface area contributed by atoms with Gasteiger partial charge in [0, 0.05) is 25.2 Å². The molecule has 0 bridgehead atoms. The molecule has 6 heteroatoms. The lowest BCUT2D eigenvalue weighted by Gasteiger charge is -2.31. The van der Waals surface area contributed by atoms with Gasteiger partial charge < -0.3 is 21.3 Å². The molecule has 112 valence electrons. The molecule has 0 spiro atoms. The van der Waals surface area contributed by atoms with E-state index in [-0.39, 0.29) is 12.0 Å². The predicted octanol–water partition coefficient (Wildman–Crippen LogP) is 0.747. The number of carbonyl (C=O) groups is 2. The van der Waals surface area contributed by atoms with Crippen LogP contribution in [-0.2, 0) is 9.59 Å². The summed E-state index contributed by atoms with van der Waals surface area (Å²) in [6, 6.07) is 0. The molecule has 1 unspecified atom stereocenters. The molecular weight excluding hydrogens is 260 g/mol. The number of carboxylic acids is 2. The van der Waals surface area contributed by atoms with Gasteiger partial charge in [-0.3, -0.25) is 4.79 Å². The van der Waals surface area contributed by atoms with Gasteiger partial charge in [-0.1, -0.05) is 13.0 Å². The maximum atomic E-state index is 11.5. The second-order valence-electron chi connectivity index (χ2n) is 5.05. The molecule has 0 radical (unpaired) electrons. The molecule has 0 aliphatic heterocycles. The monoisotopic (exact) mass is 282 g/mol. The number of hydrogen-bond donors (Lipinski definition) is 4. The van der Waals surface area contributed by atoms with Crippen molar-refractivity contribution in [3.8, 4) is 0 Å². The highest BCUT2D eigenvalue weighted by molar-refractivity contribution is 5.92. The summed E-state index contributed by atoms with van der Waals surface area (Å²) in [4.78, 5) is 22.9. The standard InChI is InChI=1S/C14H22N2O4/c1-3-14(13(19)20)6-9(2)11(8-16-5-4-15)10(7-14)12(17)18/h6,16H,3-5,7-8,15H2,1-2H3,(H,17,18)(H,19,20). The number of nitrogens with two attached hydrogens (primary N) is 1. The fourth-order valence-corrected chi connectivity index (χ4v) is 2.49. The molecule has 0 saturated carbocycles. The molecule has 0 heterocycles. The normalized spacial score (nSPS) is 22.6. The molecule has 1 atom stereocenters. The average molecular weight is 282 g/mol. The first-order valence-electron chi connectivity index (χ1n) is 6.67. The lowest BCUT2D eigenvalue weighted by molar-refractivity contribution is -0.146. The van der Waals surface area contributed by atoms with Gasteiger partial charge in [0.25, 0.3) is 0 Å². The molecule has 0 amide bonds. The highest BCUT2D eigenvalue weighted by Gasteiger charge is 2.40. The van der Waals surface area contributed by atoms with Gasteiger partial charge in [0.2, 0.25) is 0 Å². The van der Waals surface area contributed by atoms with Crippen molar-refractivity contribution in [1.82, 2.24) is 5.32 Å². The van der Waals surface area contributed by atoms with Crippen LogP contribution in [0.1, 0.15) is 26.7 Å². The van der Waals surface area contributed by atoms with Crippen LogP contribution in [-0.4, -0.2) is 41.8 Å². The van der Waals surface area contributed by atoms with Crippen LogP contribution in [0.2, 0.25) is 0 Å². The molecule has 0 aromatic carbocycles. The highest BCUT2D eigenvalue weighted by Crippen LogP contribution is 2.40. The van der Waals surface area contributed by atoms with Crippen molar-refractivity contribution >= 4 is 11.9 Å². The van der Waals surface area contributed by atoms with Crippen LogP contribution in [0.4, 0.5) is 0 Å². The smallest absolute Gasteiger partial charge is 0.331 e. The van der Waals surface area contributed by atoms with Crippen molar-refractivity contribution in [1.29, 1.82) is 0 Å². The van der Waals surface area contributed by atoms with Crippen LogP contribution in [0.3, 0.4) is 0 Å². The van der Waals surface area contributed by atoms with E-state index < -0.39 is 17.4 Å². The first-order chi connectivity index (χ1) is 9.38. The van der Waals surface area contributed by atoms with Crippen molar-refractivity contribution < 1.29 is 19.8 Å². The number of aliphatic carboxylic acids is 2. The van der Waals surface area contributed by atoms with Gasteiger partial charge in [0.1, 0.15) is 0 Å². The van der Waals surface area contributed by atoms with Gasteiger partial charge in [0.15, 0.2) is 0 Å². The summed E-state index contributed by atoms with van der Waals surface area (Å²) in [5.41, 5.74) is 5.83. The minimum atomic E-state index is -1.12. The molecule has 0 fully saturated rings. The Balaban J connectivity index is 3.14. The van der Waals surface area contributed by atoms with Crippen LogP contribution in [0, 0.1) is 5.41 Å². The lowest BCUT2D eigenvalue weighted by Crippen LogP contribution is -2.35. The van der Waals surface area contributed by atoms with Gasteiger partial charge >= 0.3 is 11.9 Å². The third-order valence-electron chi connectivity index (χ3n) is 3.76. The lowest BCUT2D eigenvalue weighted by atomic mass is 9.72. The summed E-state index contributed by atoms with van der Waals surface area (Å²) in [7, 11) is 0. The quantitative estimate of drug-likeness (QED) is 0.512. The second-order valence-corrected chi connectivity index (χ2v) is 5.05. The van der Waals surface area contributed by atoms with E-state index in [1.54, 1.807) is 19.9 Å². The second kappa shape index (κ2) is 6.67. The number of nitrogens with one attached hydrogen (secondary N) is 1. The molecule has 20 heavy (non-hydrogen) atoms. The first-order valence-corrected chi connectivity index (χ1v) is 6.67. The van der Waals surface area contributed by atoms with Crippen LogP contribution in [0.5, 0.6) is 0 Å². The van der Waals surface area contributed by atoms with Crippen molar-refractivity contribution in [2.24, 2.45) is 11.1 Å². The summed E-state index contributed by atoms with van der Waals surface area (Å²) in [5.74, 6) is -2.03. The minimum Gasteiger partial charge on any atom is -0.481 e. The largest absolute Gasteiger partial charge is 0.481 e. The summed E-state index contributed by atoms with van der Waals surface area (Å²) in [6.07, 6.45) is 2.06. The SMILES string of the molecule is CCC1(C(=O)O)C=C(C)C(CNCCN)=C(C(=O)O)C1. The van der Waals surface area contributed by atoms with E-state index in [1.165, 1.54) is 0 Å². The molecule has 6 nitrogen and oxygen atoms in total. The number of hydrogen-bond acceptors (Lipinski definition) is 4. The molecule has 0 aromatic heterocycles. The average Bonchev–Trinajstić information content (AvgIpc) is 2.39. The van der Waals surface area contributed by atoms with Gasteiger partial charge in [0.05, 0.1) is 5.41 Å². The van der Waals surface area contributed by atoms with Crippen LogP contribution >= 0.6 is 0 Å². The molecular formula is C14H22N2O4. The Labute approximate surface area is 118 Å². The zero-order chi connectivity index (χ0) is 15.3. The van der Waals surface area contributed by atoms with Gasteiger partial charge in [-0.25, -0.2) is 4.79 Å². The molecule has 1 rings (SSSR count). The summed E-state index contributed by atoms with van der Waals surface area (Å²) in [5, 5.41) is 21.8. The van der Waals surface area contributed by atoms with Gasteiger partial charge in [-0.15, -0.1) is 0 Å². The molecule has 1 aliphatic carbocycles. The Kier molecular flexibility index (Phi) is 5.47. The maximum Gasteiger partial charge on any atom is 0.331 e. The Morgan fingerprint density at radius 3 is 2.55 bits per heavy atom. The summed E-state index contributed by atoms with van der Waals surface area (Å²) < 4.78 is 0. The van der Waals surface area contributed by atoms with E-state index in [0.29, 0.717) is 37.2 Å². The van der Waals surface area contributed by atoms with Crippen molar-refractivity contribution in [2.45, 2.75) is 26.7 Å². The Bertz CT molecular complexity index is 468. The van der Waals surface area contributed by atoms with Crippen molar-refractivity contribution in [3.05, 3.63) is 22.8 Å². The van der Waals surface area contributed by atoms with E-state index in [0.717, 1.165) is 0 Å². The number of rotatable bonds is 7. The van der Waals surface area contributed by atoms with Crippen molar-refractivity contribution in [3.63, 3.8) is 0 Å². The van der Waals surface area contributed by atoms with Crippen LogP contribution in [0.25, 0.3) is 0 Å². The highest BCUT2D eigenvalue weighted by atomic mass is 16.4. The van der Waals surface area contributed by atoms with Crippen molar-refractivity contribution in [2.75, 3.05) is 19.6 Å². The van der Waals surface area contributed by atoms with Crippen LogP contribution < -0.4 is 11.1 Å². The Hall–Kier alpha value is -1.66. The van der Waals surface area contributed by atoms with Gasteiger partial charge in [-0.2, -0.15) is 0 Å². The van der Waals surface area contributed by atoms with Crippen LogP contribution in [0.15, 0.2) is 22.8 Å². The third-order valence-corrected chi connectivity index (χ3v) is 3.76. The topological polar surface area (TPSA) is 113 Å². The zero-order valence-corrected chi connectivity index (χ0v) is 11.9. The molecule has 5 N–H and O–H groups in total. The Morgan fingerprint density at radius 2 is 2.10 bits per heavy atom. The van der Waals surface area contributed by atoms with Gasteiger partial charge in [-0.05, 0) is 30.9 Å². The molecule has 0 saturated heterocycles.